The fraction of sp³-hybridized carbons (Fsp3) is 1.00. The highest BCUT2D eigenvalue weighted by molar-refractivity contribution is 6.76. The average molecular weight is 201 g/mol. The molecule has 0 aliphatic heterocycles. The molecule has 2 atom stereocenters. The molecule has 2 unspecified atom stereocenters. The summed E-state index contributed by atoms with van der Waals surface area (Å²) >= 11 is 0. The summed E-state index contributed by atoms with van der Waals surface area (Å²) in [7, 11) is -1.26. The number of aliphatic hydroxyl groups is 1. The lowest BCUT2D eigenvalue weighted by atomic mass is 10.1. The summed E-state index contributed by atoms with van der Waals surface area (Å²) in [6.45, 7) is 8.23. The summed E-state index contributed by atoms with van der Waals surface area (Å²) in [5, 5.41) is 8.80. The maximum atomic E-state index is 8.80. The van der Waals surface area contributed by atoms with E-state index in [0.717, 1.165) is 18.0 Å². The molecule has 78 valence electrons. The standard InChI is InChI=1S/C10H23NOSi/c1-9-5-4-6-10(9)13(2,3)11-7-8-12/h9-12H,4-8H2,1-3H3. The maximum Gasteiger partial charge on any atom is 0.122 e. The van der Waals surface area contributed by atoms with Crippen LogP contribution in [0.1, 0.15) is 26.2 Å². The predicted molar refractivity (Wildman–Crippen MR) is 59.3 cm³/mol. The third kappa shape index (κ3) is 2.79. The fourth-order valence-electron chi connectivity index (χ4n) is 2.73. The van der Waals surface area contributed by atoms with Gasteiger partial charge >= 0.3 is 0 Å². The van der Waals surface area contributed by atoms with Crippen LogP contribution in [0.2, 0.25) is 18.6 Å². The van der Waals surface area contributed by atoms with Crippen LogP contribution in [0.15, 0.2) is 0 Å². The highest BCUT2D eigenvalue weighted by Gasteiger charge is 2.37. The quantitative estimate of drug-likeness (QED) is 0.682. The van der Waals surface area contributed by atoms with E-state index in [4.69, 9.17) is 5.11 Å². The van der Waals surface area contributed by atoms with E-state index in [1.807, 2.05) is 0 Å². The number of rotatable bonds is 4. The van der Waals surface area contributed by atoms with Gasteiger partial charge in [-0.1, -0.05) is 39.3 Å². The Bertz CT molecular complexity index is 161. The molecule has 0 amide bonds. The lowest BCUT2D eigenvalue weighted by Gasteiger charge is -2.33. The molecule has 0 saturated heterocycles. The molecule has 1 saturated carbocycles. The van der Waals surface area contributed by atoms with Gasteiger partial charge in [0.1, 0.15) is 8.24 Å². The first-order chi connectivity index (χ1) is 6.08. The minimum atomic E-state index is -1.26. The van der Waals surface area contributed by atoms with E-state index in [1.54, 1.807) is 0 Å². The molecular formula is C10H23NOSi. The Morgan fingerprint density at radius 1 is 1.38 bits per heavy atom. The maximum absolute atomic E-state index is 8.80. The van der Waals surface area contributed by atoms with Crippen LogP contribution in [0.3, 0.4) is 0 Å². The smallest absolute Gasteiger partial charge is 0.122 e. The van der Waals surface area contributed by atoms with Gasteiger partial charge in [0, 0.05) is 6.54 Å². The van der Waals surface area contributed by atoms with Crippen LogP contribution in [-0.4, -0.2) is 26.5 Å². The Kier molecular flexibility index (Phi) is 3.95. The van der Waals surface area contributed by atoms with Gasteiger partial charge in [0.15, 0.2) is 0 Å². The molecule has 0 spiro atoms. The average Bonchev–Trinajstić information content (AvgIpc) is 2.48. The molecule has 2 N–H and O–H groups in total. The first-order valence-electron chi connectivity index (χ1n) is 5.44. The van der Waals surface area contributed by atoms with Crippen LogP contribution in [0.4, 0.5) is 0 Å². The number of nitrogens with one attached hydrogen (secondary N) is 1. The second kappa shape index (κ2) is 4.58. The van der Waals surface area contributed by atoms with Crippen molar-refractivity contribution in [2.75, 3.05) is 13.2 Å². The van der Waals surface area contributed by atoms with Gasteiger partial charge in [-0.2, -0.15) is 0 Å². The predicted octanol–water partition coefficient (Wildman–Crippen LogP) is 1.96. The van der Waals surface area contributed by atoms with Gasteiger partial charge in [-0.05, 0) is 11.5 Å². The number of hydrogen-bond acceptors (Lipinski definition) is 2. The molecule has 0 aromatic heterocycles. The zero-order valence-electron chi connectivity index (χ0n) is 9.14. The zero-order chi connectivity index (χ0) is 9.90. The van der Waals surface area contributed by atoms with Crippen molar-refractivity contribution in [3.8, 4) is 0 Å². The summed E-state index contributed by atoms with van der Waals surface area (Å²) in [4.78, 5) is 3.57. The summed E-state index contributed by atoms with van der Waals surface area (Å²) in [6.07, 6.45) is 4.21. The minimum absolute atomic E-state index is 0.275. The van der Waals surface area contributed by atoms with Crippen molar-refractivity contribution in [2.45, 2.75) is 44.8 Å². The van der Waals surface area contributed by atoms with Crippen LogP contribution in [-0.2, 0) is 0 Å². The normalized spacial score (nSPS) is 29.5. The highest BCUT2D eigenvalue weighted by atomic mass is 28.3. The van der Waals surface area contributed by atoms with Crippen molar-refractivity contribution < 1.29 is 5.11 Å². The van der Waals surface area contributed by atoms with E-state index < -0.39 is 8.24 Å². The molecule has 1 aliphatic rings. The second-order valence-electron chi connectivity index (χ2n) is 4.89. The molecule has 1 aliphatic carbocycles. The molecule has 0 bridgehead atoms. The van der Waals surface area contributed by atoms with Gasteiger partial charge in [0.05, 0.1) is 6.61 Å². The van der Waals surface area contributed by atoms with E-state index in [2.05, 4.69) is 25.0 Å². The molecule has 0 radical (unpaired) electrons. The van der Waals surface area contributed by atoms with Crippen molar-refractivity contribution in [1.29, 1.82) is 0 Å². The molecule has 3 heteroatoms. The monoisotopic (exact) mass is 201 g/mol. The van der Waals surface area contributed by atoms with E-state index in [0.29, 0.717) is 0 Å². The van der Waals surface area contributed by atoms with Crippen molar-refractivity contribution >= 4 is 8.24 Å². The molecule has 13 heavy (non-hydrogen) atoms. The lowest BCUT2D eigenvalue weighted by Crippen LogP contribution is -2.50. The molecule has 1 rings (SSSR count). The summed E-state index contributed by atoms with van der Waals surface area (Å²) in [5.74, 6) is 0.896. The summed E-state index contributed by atoms with van der Waals surface area (Å²) in [6, 6.07) is 0. The SMILES string of the molecule is CC1CCCC1[Si](C)(C)NCCO. The highest BCUT2D eigenvalue weighted by Crippen LogP contribution is 2.41. The molecule has 2 nitrogen and oxygen atoms in total. The van der Waals surface area contributed by atoms with E-state index in [9.17, 15) is 0 Å². The molecule has 1 fully saturated rings. The topological polar surface area (TPSA) is 32.3 Å². The van der Waals surface area contributed by atoms with Crippen molar-refractivity contribution in [1.82, 2.24) is 4.98 Å². The Labute approximate surface area is 82.8 Å². The summed E-state index contributed by atoms with van der Waals surface area (Å²) in [5.41, 5.74) is 0.916. The lowest BCUT2D eigenvalue weighted by molar-refractivity contribution is 0.300. The van der Waals surface area contributed by atoms with E-state index >= 15 is 0 Å². The Balaban J connectivity index is 2.46. The van der Waals surface area contributed by atoms with Crippen molar-refractivity contribution in [2.24, 2.45) is 5.92 Å². The van der Waals surface area contributed by atoms with Crippen molar-refractivity contribution in [3.63, 3.8) is 0 Å². The zero-order valence-corrected chi connectivity index (χ0v) is 10.1. The third-order valence-electron chi connectivity index (χ3n) is 3.48. The van der Waals surface area contributed by atoms with E-state index in [1.165, 1.54) is 19.3 Å². The first kappa shape index (κ1) is 11.2. The number of hydrogen-bond donors (Lipinski definition) is 2. The Morgan fingerprint density at radius 2 is 2.08 bits per heavy atom. The summed E-state index contributed by atoms with van der Waals surface area (Å²) < 4.78 is 0. The van der Waals surface area contributed by atoms with Gasteiger partial charge < -0.3 is 10.1 Å². The second-order valence-corrected chi connectivity index (χ2v) is 9.43. The van der Waals surface area contributed by atoms with Crippen LogP contribution >= 0.6 is 0 Å². The molecule has 0 heterocycles. The van der Waals surface area contributed by atoms with Crippen LogP contribution < -0.4 is 4.98 Å². The van der Waals surface area contributed by atoms with Gasteiger partial charge in [0.25, 0.3) is 0 Å². The Hall–Kier alpha value is 0.137. The van der Waals surface area contributed by atoms with Gasteiger partial charge in [-0.3, -0.25) is 0 Å². The van der Waals surface area contributed by atoms with Gasteiger partial charge in [-0.15, -0.1) is 0 Å². The number of aliphatic hydroxyl groups excluding tert-OH is 1. The van der Waals surface area contributed by atoms with Crippen LogP contribution in [0.5, 0.6) is 0 Å². The molecule has 0 aromatic rings. The van der Waals surface area contributed by atoms with Crippen molar-refractivity contribution in [3.05, 3.63) is 0 Å². The van der Waals surface area contributed by atoms with Crippen LogP contribution in [0, 0.1) is 5.92 Å². The third-order valence-corrected chi connectivity index (χ3v) is 7.35. The fourth-order valence-corrected chi connectivity index (χ4v) is 6.26. The molecule has 0 aromatic carbocycles. The van der Waals surface area contributed by atoms with E-state index in [-0.39, 0.29) is 6.61 Å². The Morgan fingerprint density at radius 3 is 2.54 bits per heavy atom. The minimum Gasteiger partial charge on any atom is -0.395 e. The van der Waals surface area contributed by atoms with Gasteiger partial charge in [-0.25, -0.2) is 0 Å². The van der Waals surface area contributed by atoms with Crippen LogP contribution in [0.25, 0.3) is 0 Å². The largest absolute Gasteiger partial charge is 0.395 e. The molecular weight excluding hydrogens is 178 g/mol. The first-order valence-corrected chi connectivity index (χ1v) is 8.51. The van der Waals surface area contributed by atoms with Gasteiger partial charge in [0.2, 0.25) is 0 Å².